The summed E-state index contributed by atoms with van der Waals surface area (Å²) in [6, 6.07) is 15.7. The van der Waals surface area contributed by atoms with Gasteiger partial charge in [-0.1, -0.05) is 18.2 Å². The van der Waals surface area contributed by atoms with Gasteiger partial charge in [0.15, 0.2) is 0 Å². The van der Waals surface area contributed by atoms with Gasteiger partial charge in [0, 0.05) is 12.2 Å². The van der Waals surface area contributed by atoms with Crippen molar-refractivity contribution in [1.29, 1.82) is 5.26 Å². The Balaban J connectivity index is 1.78. The van der Waals surface area contributed by atoms with Crippen LogP contribution in [-0.4, -0.2) is 30.6 Å². The number of carbonyl (C=O) groups excluding carboxylic acids is 2. The lowest BCUT2D eigenvalue weighted by atomic mass is 10.0. The number of carbonyl (C=O) groups is 2. The van der Waals surface area contributed by atoms with E-state index in [1.165, 1.54) is 7.11 Å². The number of anilines is 1. The number of likely N-dealkylation sites (tertiary alicyclic amines) is 1. The average molecular weight is 349 g/mol. The quantitative estimate of drug-likeness (QED) is 0.856. The zero-order chi connectivity index (χ0) is 18.5. The van der Waals surface area contributed by atoms with E-state index in [4.69, 9.17) is 10.00 Å². The number of nitrogens with zero attached hydrogens (tertiary/aromatic N) is 2. The molecule has 1 heterocycles. The van der Waals surface area contributed by atoms with E-state index >= 15 is 0 Å². The average Bonchev–Trinajstić information content (AvgIpc) is 3.17. The highest BCUT2D eigenvalue weighted by Crippen LogP contribution is 2.33. The fourth-order valence-corrected chi connectivity index (χ4v) is 3.21. The highest BCUT2D eigenvalue weighted by atomic mass is 16.5. The van der Waals surface area contributed by atoms with Crippen molar-refractivity contribution in [3.8, 4) is 6.07 Å². The van der Waals surface area contributed by atoms with E-state index in [1.807, 2.05) is 6.07 Å². The number of urea groups is 1. The molecule has 132 valence electrons. The molecule has 0 aliphatic carbocycles. The van der Waals surface area contributed by atoms with Crippen LogP contribution < -0.4 is 5.32 Å². The predicted octanol–water partition coefficient (Wildman–Crippen LogP) is 3.71. The van der Waals surface area contributed by atoms with Gasteiger partial charge in [0.1, 0.15) is 0 Å². The Kier molecular flexibility index (Phi) is 5.18. The Morgan fingerprint density at radius 3 is 2.81 bits per heavy atom. The highest BCUT2D eigenvalue weighted by molar-refractivity contribution is 5.91. The SMILES string of the molecule is COC(=O)c1cccc(C2CCCN2C(=O)Nc2cccc(C#N)c2)c1. The monoisotopic (exact) mass is 349 g/mol. The number of esters is 1. The molecule has 2 aromatic rings. The van der Waals surface area contributed by atoms with Gasteiger partial charge in [-0.2, -0.15) is 5.26 Å². The fourth-order valence-electron chi connectivity index (χ4n) is 3.21. The third-order valence-electron chi connectivity index (χ3n) is 4.45. The molecule has 6 heteroatoms. The maximum absolute atomic E-state index is 12.7. The summed E-state index contributed by atoms with van der Waals surface area (Å²) in [5.41, 5.74) is 2.46. The standard InChI is InChI=1S/C20H19N3O3/c1-26-19(24)16-7-3-6-15(12-16)18-9-4-10-23(18)20(25)22-17-8-2-5-14(11-17)13-21/h2-3,5-8,11-12,18H,4,9-10H2,1H3,(H,22,25). The number of ether oxygens (including phenoxy) is 1. The molecule has 1 aliphatic heterocycles. The molecule has 1 unspecified atom stereocenters. The molecule has 1 aliphatic rings. The van der Waals surface area contributed by atoms with E-state index < -0.39 is 5.97 Å². The number of hydrogen-bond acceptors (Lipinski definition) is 4. The van der Waals surface area contributed by atoms with Gasteiger partial charge in [0.2, 0.25) is 0 Å². The van der Waals surface area contributed by atoms with Crippen molar-refractivity contribution in [1.82, 2.24) is 4.90 Å². The van der Waals surface area contributed by atoms with E-state index in [9.17, 15) is 9.59 Å². The van der Waals surface area contributed by atoms with Crippen molar-refractivity contribution >= 4 is 17.7 Å². The molecule has 1 fully saturated rings. The zero-order valence-electron chi connectivity index (χ0n) is 14.4. The molecule has 0 bridgehead atoms. The van der Waals surface area contributed by atoms with E-state index in [1.54, 1.807) is 47.4 Å². The summed E-state index contributed by atoms with van der Waals surface area (Å²) in [5, 5.41) is 11.8. The number of rotatable bonds is 3. The van der Waals surface area contributed by atoms with Crippen molar-refractivity contribution < 1.29 is 14.3 Å². The number of amides is 2. The van der Waals surface area contributed by atoms with E-state index in [0.29, 0.717) is 23.4 Å². The molecule has 0 spiro atoms. The summed E-state index contributed by atoms with van der Waals surface area (Å²) < 4.78 is 4.77. The summed E-state index contributed by atoms with van der Waals surface area (Å²) >= 11 is 0. The molecular weight excluding hydrogens is 330 g/mol. The third kappa shape index (κ3) is 3.67. The largest absolute Gasteiger partial charge is 0.465 e. The third-order valence-corrected chi connectivity index (χ3v) is 4.45. The summed E-state index contributed by atoms with van der Waals surface area (Å²) in [5.74, 6) is -0.394. The highest BCUT2D eigenvalue weighted by Gasteiger charge is 2.30. The van der Waals surface area contributed by atoms with Gasteiger partial charge in [-0.25, -0.2) is 9.59 Å². The lowest BCUT2D eigenvalue weighted by molar-refractivity contribution is 0.0600. The Morgan fingerprint density at radius 2 is 2.04 bits per heavy atom. The number of hydrogen-bond donors (Lipinski definition) is 1. The first-order valence-electron chi connectivity index (χ1n) is 8.38. The normalized spacial score (nSPS) is 16.0. The lowest BCUT2D eigenvalue weighted by Gasteiger charge is -2.25. The van der Waals surface area contributed by atoms with Crippen molar-refractivity contribution in [2.75, 3.05) is 19.0 Å². The minimum absolute atomic E-state index is 0.0984. The van der Waals surface area contributed by atoms with Gasteiger partial charge in [-0.3, -0.25) is 0 Å². The Hall–Kier alpha value is -3.33. The van der Waals surface area contributed by atoms with Crippen LogP contribution >= 0.6 is 0 Å². The van der Waals surface area contributed by atoms with E-state index in [-0.39, 0.29) is 12.1 Å². The Morgan fingerprint density at radius 1 is 1.23 bits per heavy atom. The fraction of sp³-hybridized carbons (Fsp3) is 0.250. The van der Waals surface area contributed by atoms with Crippen LogP contribution in [0.15, 0.2) is 48.5 Å². The maximum atomic E-state index is 12.7. The first-order valence-corrected chi connectivity index (χ1v) is 8.38. The van der Waals surface area contributed by atoms with Crippen molar-refractivity contribution in [3.05, 3.63) is 65.2 Å². The lowest BCUT2D eigenvalue weighted by Crippen LogP contribution is -2.34. The second-order valence-electron chi connectivity index (χ2n) is 6.09. The molecule has 1 N–H and O–H groups in total. The molecular formula is C20H19N3O3. The summed E-state index contributed by atoms with van der Waals surface area (Å²) in [6.45, 7) is 0.636. The minimum Gasteiger partial charge on any atom is -0.465 e. The van der Waals surface area contributed by atoms with Crippen LogP contribution in [0.25, 0.3) is 0 Å². The molecule has 1 atom stereocenters. The van der Waals surface area contributed by atoms with Crippen LogP contribution in [0, 0.1) is 11.3 Å². The smallest absolute Gasteiger partial charge is 0.337 e. The van der Waals surface area contributed by atoms with Gasteiger partial charge in [-0.05, 0) is 48.7 Å². The molecule has 26 heavy (non-hydrogen) atoms. The number of benzene rings is 2. The first-order chi connectivity index (χ1) is 12.6. The van der Waals surface area contributed by atoms with Crippen LogP contribution in [-0.2, 0) is 4.74 Å². The summed E-state index contributed by atoms with van der Waals surface area (Å²) in [4.78, 5) is 26.2. The van der Waals surface area contributed by atoms with Gasteiger partial charge in [-0.15, -0.1) is 0 Å². The zero-order valence-corrected chi connectivity index (χ0v) is 14.4. The molecule has 2 aromatic carbocycles. The van der Waals surface area contributed by atoms with E-state index in [0.717, 1.165) is 18.4 Å². The number of methoxy groups -OCH3 is 1. The van der Waals surface area contributed by atoms with Crippen molar-refractivity contribution in [3.63, 3.8) is 0 Å². The van der Waals surface area contributed by atoms with Crippen LogP contribution in [0.3, 0.4) is 0 Å². The first kappa shape index (κ1) is 17.5. The second kappa shape index (κ2) is 7.70. The van der Waals surface area contributed by atoms with Gasteiger partial charge in [0.05, 0.1) is 30.3 Å². The molecule has 3 rings (SSSR count). The molecule has 0 radical (unpaired) electrons. The Labute approximate surface area is 152 Å². The molecule has 0 saturated carbocycles. The Bertz CT molecular complexity index is 873. The van der Waals surface area contributed by atoms with Crippen LogP contribution in [0.1, 0.15) is 40.4 Å². The summed E-state index contributed by atoms with van der Waals surface area (Å²) in [7, 11) is 1.35. The van der Waals surface area contributed by atoms with Gasteiger partial charge >= 0.3 is 12.0 Å². The number of nitrogens with one attached hydrogen (secondary N) is 1. The maximum Gasteiger partial charge on any atom is 0.337 e. The van der Waals surface area contributed by atoms with Crippen molar-refractivity contribution in [2.24, 2.45) is 0 Å². The molecule has 1 saturated heterocycles. The second-order valence-corrected chi connectivity index (χ2v) is 6.09. The van der Waals surface area contributed by atoms with Gasteiger partial charge in [0.25, 0.3) is 0 Å². The number of nitriles is 1. The van der Waals surface area contributed by atoms with Crippen LogP contribution in [0.5, 0.6) is 0 Å². The van der Waals surface area contributed by atoms with Crippen LogP contribution in [0.2, 0.25) is 0 Å². The minimum atomic E-state index is -0.394. The molecule has 6 nitrogen and oxygen atoms in total. The topological polar surface area (TPSA) is 82.4 Å². The van der Waals surface area contributed by atoms with Crippen LogP contribution in [0.4, 0.5) is 10.5 Å². The molecule has 0 aromatic heterocycles. The predicted molar refractivity (Wildman–Crippen MR) is 96.6 cm³/mol. The van der Waals surface area contributed by atoms with Crippen molar-refractivity contribution in [2.45, 2.75) is 18.9 Å². The van der Waals surface area contributed by atoms with Gasteiger partial charge < -0.3 is 15.0 Å². The van der Waals surface area contributed by atoms with E-state index in [2.05, 4.69) is 11.4 Å². The summed E-state index contributed by atoms with van der Waals surface area (Å²) in [6.07, 6.45) is 1.72. The molecule has 2 amide bonds.